The molecular formula is C7H7NO. The summed E-state index contributed by atoms with van der Waals surface area (Å²) in [5.41, 5.74) is 1.31. The van der Waals surface area contributed by atoms with Crippen LogP contribution < -0.4 is 5.56 Å². The van der Waals surface area contributed by atoms with E-state index < -0.39 is 0 Å². The van der Waals surface area contributed by atoms with Gasteiger partial charge in [0.15, 0.2) is 0 Å². The zero-order valence-electron chi connectivity index (χ0n) is 5.00. The third-order valence-electron chi connectivity index (χ3n) is 1.73. The lowest BCUT2D eigenvalue weighted by Gasteiger charge is -2.19. The average molecular weight is 121 g/mol. The molecule has 0 aliphatic carbocycles. The summed E-state index contributed by atoms with van der Waals surface area (Å²) in [6, 6.07) is 5.40. The molecule has 2 rings (SSSR count). The first kappa shape index (κ1) is 4.79. The van der Waals surface area contributed by atoms with Gasteiger partial charge in [0.25, 0.3) is 5.56 Å². The first-order valence-corrected chi connectivity index (χ1v) is 3.07. The second-order valence-electron chi connectivity index (χ2n) is 2.26. The standard InChI is InChI=1S/C7H7NO/c9-7-3-1-2-6-4-5-8(6)7/h1-3H,4-5H2. The van der Waals surface area contributed by atoms with Gasteiger partial charge in [0.1, 0.15) is 0 Å². The van der Waals surface area contributed by atoms with Crippen LogP contribution in [0.25, 0.3) is 0 Å². The Labute approximate surface area is 52.7 Å². The first-order chi connectivity index (χ1) is 4.38. The zero-order valence-corrected chi connectivity index (χ0v) is 5.00. The maximum Gasteiger partial charge on any atom is 0.250 e. The summed E-state index contributed by atoms with van der Waals surface area (Å²) in [5.74, 6) is 0. The molecule has 0 fully saturated rings. The molecule has 0 N–H and O–H groups in total. The van der Waals surface area contributed by atoms with E-state index in [1.54, 1.807) is 10.6 Å². The third kappa shape index (κ3) is 0.529. The first-order valence-electron chi connectivity index (χ1n) is 3.07. The van der Waals surface area contributed by atoms with E-state index in [1.807, 2.05) is 12.1 Å². The average Bonchev–Trinajstić information content (AvgIpc) is 1.74. The number of fused-ring (bicyclic) bond motifs is 1. The third-order valence-corrected chi connectivity index (χ3v) is 1.73. The smallest absolute Gasteiger partial charge is 0.250 e. The van der Waals surface area contributed by atoms with Crippen LogP contribution in [0, 0.1) is 0 Å². The van der Waals surface area contributed by atoms with Crippen molar-refractivity contribution in [2.24, 2.45) is 0 Å². The van der Waals surface area contributed by atoms with Gasteiger partial charge in [0.2, 0.25) is 0 Å². The molecule has 0 radical (unpaired) electrons. The number of rotatable bonds is 0. The highest BCUT2D eigenvalue weighted by molar-refractivity contribution is 5.11. The fraction of sp³-hybridized carbons (Fsp3) is 0.286. The van der Waals surface area contributed by atoms with Crippen molar-refractivity contribution in [1.29, 1.82) is 0 Å². The van der Waals surface area contributed by atoms with Crippen molar-refractivity contribution in [2.75, 3.05) is 0 Å². The second kappa shape index (κ2) is 1.47. The van der Waals surface area contributed by atoms with E-state index in [4.69, 9.17) is 0 Å². The van der Waals surface area contributed by atoms with Crippen molar-refractivity contribution >= 4 is 0 Å². The maximum absolute atomic E-state index is 10.9. The summed E-state index contributed by atoms with van der Waals surface area (Å²) in [6.45, 7) is 0.912. The minimum absolute atomic E-state index is 0.138. The molecule has 0 amide bonds. The summed E-state index contributed by atoms with van der Waals surface area (Å²) in [4.78, 5) is 10.9. The van der Waals surface area contributed by atoms with Gasteiger partial charge in [0.05, 0.1) is 0 Å². The van der Waals surface area contributed by atoms with Crippen molar-refractivity contribution < 1.29 is 0 Å². The summed E-state index contributed by atoms with van der Waals surface area (Å²) in [6.07, 6.45) is 1.07. The Morgan fingerprint density at radius 1 is 1.44 bits per heavy atom. The molecule has 0 saturated heterocycles. The molecular weight excluding hydrogens is 114 g/mol. The molecule has 46 valence electrons. The Bertz CT molecular complexity index is 287. The molecule has 1 aliphatic rings. The summed E-state index contributed by atoms with van der Waals surface area (Å²) in [5, 5.41) is 0. The van der Waals surface area contributed by atoms with E-state index >= 15 is 0 Å². The fourth-order valence-corrected chi connectivity index (χ4v) is 1.11. The quantitative estimate of drug-likeness (QED) is 0.487. The SMILES string of the molecule is O=c1cccc2n1CC2. The highest BCUT2D eigenvalue weighted by atomic mass is 16.1. The monoisotopic (exact) mass is 121 g/mol. The molecule has 2 heteroatoms. The van der Waals surface area contributed by atoms with Crippen molar-refractivity contribution in [3.63, 3.8) is 0 Å². The van der Waals surface area contributed by atoms with Crippen LogP contribution >= 0.6 is 0 Å². The van der Waals surface area contributed by atoms with Crippen LogP contribution in [0.2, 0.25) is 0 Å². The van der Waals surface area contributed by atoms with Gasteiger partial charge in [-0.2, -0.15) is 0 Å². The van der Waals surface area contributed by atoms with Gasteiger partial charge in [-0.3, -0.25) is 4.79 Å². The minimum atomic E-state index is 0.138. The summed E-state index contributed by atoms with van der Waals surface area (Å²) in [7, 11) is 0. The van der Waals surface area contributed by atoms with Gasteiger partial charge in [-0.25, -0.2) is 0 Å². The van der Waals surface area contributed by atoms with Crippen LogP contribution in [0.1, 0.15) is 5.69 Å². The number of hydrogen-bond donors (Lipinski definition) is 0. The van der Waals surface area contributed by atoms with E-state index in [-0.39, 0.29) is 5.56 Å². The Balaban J connectivity index is 2.78. The number of pyridine rings is 1. The Morgan fingerprint density at radius 3 is 2.78 bits per heavy atom. The van der Waals surface area contributed by atoms with Crippen molar-refractivity contribution in [1.82, 2.24) is 4.57 Å². The Hall–Kier alpha value is -1.05. The molecule has 0 atom stereocenters. The van der Waals surface area contributed by atoms with E-state index in [2.05, 4.69) is 0 Å². The van der Waals surface area contributed by atoms with Crippen molar-refractivity contribution in [3.8, 4) is 0 Å². The lowest BCUT2D eigenvalue weighted by Crippen LogP contribution is -2.31. The normalized spacial score (nSPS) is 14.2. The van der Waals surface area contributed by atoms with E-state index in [9.17, 15) is 4.79 Å². The predicted octanol–water partition coefficient (Wildman–Crippen LogP) is 0.404. The molecule has 0 aromatic carbocycles. The van der Waals surface area contributed by atoms with Crippen molar-refractivity contribution in [3.05, 3.63) is 34.2 Å². The van der Waals surface area contributed by atoms with Crippen LogP contribution in [-0.4, -0.2) is 4.57 Å². The lowest BCUT2D eigenvalue weighted by molar-refractivity contribution is 0.527. The minimum Gasteiger partial charge on any atom is -0.312 e. The lowest BCUT2D eigenvalue weighted by atomic mass is 10.1. The predicted molar refractivity (Wildman–Crippen MR) is 34.4 cm³/mol. The molecule has 9 heavy (non-hydrogen) atoms. The topological polar surface area (TPSA) is 22.0 Å². The van der Waals surface area contributed by atoms with Gasteiger partial charge >= 0.3 is 0 Å². The number of aryl methyl sites for hydroxylation is 1. The molecule has 0 saturated carbocycles. The molecule has 1 aromatic rings. The van der Waals surface area contributed by atoms with Crippen LogP contribution in [0.3, 0.4) is 0 Å². The molecule has 1 aromatic heterocycles. The summed E-state index contributed by atoms with van der Waals surface area (Å²) < 4.78 is 1.79. The van der Waals surface area contributed by atoms with Crippen molar-refractivity contribution in [2.45, 2.75) is 13.0 Å². The van der Waals surface area contributed by atoms with E-state index in [0.29, 0.717) is 0 Å². The van der Waals surface area contributed by atoms with E-state index in [1.165, 1.54) is 5.69 Å². The van der Waals surface area contributed by atoms with Gasteiger partial charge in [0, 0.05) is 24.7 Å². The highest BCUT2D eigenvalue weighted by Gasteiger charge is 2.10. The van der Waals surface area contributed by atoms with Gasteiger partial charge in [-0.1, -0.05) is 6.07 Å². The molecule has 2 heterocycles. The fourth-order valence-electron chi connectivity index (χ4n) is 1.11. The van der Waals surface area contributed by atoms with Gasteiger partial charge in [-0.15, -0.1) is 0 Å². The van der Waals surface area contributed by atoms with Gasteiger partial charge in [-0.05, 0) is 6.07 Å². The molecule has 0 spiro atoms. The second-order valence-corrected chi connectivity index (χ2v) is 2.26. The number of nitrogens with zero attached hydrogens (tertiary/aromatic N) is 1. The Morgan fingerprint density at radius 2 is 2.33 bits per heavy atom. The largest absolute Gasteiger partial charge is 0.312 e. The van der Waals surface area contributed by atoms with Gasteiger partial charge < -0.3 is 4.57 Å². The summed E-state index contributed by atoms with van der Waals surface area (Å²) >= 11 is 0. The number of hydrogen-bond acceptors (Lipinski definition) is 1. The van der Waals surface area contributed by atoms with E-state index in [0.717, 1.165) is 13.0 Å². The maximum atomic E-state index is 10.9. The van der Waals surface area contributed by atoms with Crippen LogP contribution in [-0.2, 0) is 13.0 Å². The highest BCUT2D eigenvalue weighted by Crippen LogP contribution is 2.07. The molecule has 2 nitrogen and oxygen atoms in total. The molecule has 0 unspecified atom stereocenters. The van der Waals surface area contributed by atoms with Crippen LogP contribution in [0.15, 0.2) is 23.0 Å². The molecule has 0 bridgehead atoms. The van der Waals surface area contributed by atoms with Crippen LogP contribution in [0.4, 0.5) is 0 Å². The number of aromatic nitrogens is 1. The molecule has 1 aliphatic heterocycles. The van der Waals surface area contributed by atoms with Crippen LogP contribution in [0.5, 0.6) is 0 Å². The zero-order chi connectivity index (χ0) is 6.27. The Kier molecular flexibility index (Phi) is 0.781.